The van der Waals surface area contributed by atoms with Crippen molar-refractivity contribution in [2.24, 2.45) is 4.99 Å². The molecule has 0 radical (unpaired) electrons. The van der Waals surface area contributed by atoms with E-state index in [0.717, 1.165) is 63.4 Å². The van der Waals surface area contributed by atoms with E-state index >= 15 is 0 Å². The molecule has 2 aliphatic heterocycles. The van der Waals surface area contributed by atoms with E-state index in [2.05, 4.69) is 21.1 Å². The molecule has 188 valence electrons. The molecule has 2 heterocycles. The van der Waals surface area contributed by atoms with Gasteiger partial charge < -0.3 is 20.6 Å². The third kappa shape index (κ3) is 5.90. The van der Waals surface area contributed by atoms with Crippen LogP contribution in [0, 0.1) is 0 Å². The molecule has 1 aromatic rings. The number of piperidine rings is 1. The molecule has 1 saturated carbocycles. The van der Waals surface area contributed by atoms with Crippen LogP contribution in [-0.2, 0) is 27.6 Å². The number of amides is 1. The molecular formula is C24H36N4O5S. The highest BCUT2D eigenvalue weighted by Crippen LogP contribution is 2.33. The molecule has 1 aromatic carbocycles. The van der Waals surface area contributed by atoms with E-state index in [1.165, 1.54) is 12.0 Å². The van der Waals surface area contributed by atoms with Gasteiger partial charge in [0.15, 0.2) is 21.9 Å². The summed E-state index contributed by atoms with van der Waals surface area (Å²) in [6.45, 7) is 0.758. The highest BCUT2D eigenvalue weighted by atomic mass is 32.2. The normalized spacial score (nSPS) is 27.9. The number of sulfone groups is 1. The lowest BCUT2D eigenvalue weighted by atomic mass is 9.88. The van der Waals surface area contributed by atoms with Crippen molar-refractivity contribution in [1.82, 2.24) is 16.1 Å². The van der Waals surface area contributed by atoms with Gasteiger partial charge in [-0.3, -0.25) is 0 Å². The Hall–Kier alpha value is -2.17. The quantitative estimate of drug-likeness (QED) is 0.417. The number of carboxylic acid groups (broad SMARTS) is 1. The second kappa shape index (κ2) is 11.0. The van der Waals surface area contributed by atoms with E-state index in [4.69, 9.17) is 9.94 Å². The number of hydroxylamine groups is 1. The van der Waals surface area contributed by atoms with Gasteiger partial charge in [-0.1, -0.05) is 43.5 Å². The third-order valence-electron chi connectivity index (χ3n) is 7.49. The lowest BCUT2D eigenvalue weighted by Crippen LogP contribution is -2.60. The fourth-order valence-electron chi connectivity index (χ4n) is 5.47. The average Bonchev–Trinajstić information content (AvgIpc) is 3.34. The van der Waals surface area contributed by atoms with Crippen LogP contribution in [0.3, 0.4) is 0 Å². The number of nitrogens with zero attached hydrogens (tertiary/aromatic N) is 1. The average molecular weight is 493 g/mol. The molecule has 10 heteroatoms. The predicted molar refractivity (Wildman–Crippen MR) is 130 cm³/mol. The van der Waals surface area contributed by atoms with Crippen molar-refractivity contribution in [2.75, 3.05) is 6.54 Å². The molecule has 1 amide bonds. The molecule has 9 nitrogen and oxygen atoms in total. The first kappa shape index (κ1) is 24.9. The van der Waals surface area contributed by atoms with Crippen molar-refractivity contribution >= 4 is 22.3 Å². The van der Waals surface area contributed by atoms with Gasteiger partial charge in [0.05, 0.1) is 10.5 Å². The minimum atomic E-state index is -3.11. The van der Waals surface area contributed by atoms with Crippen molar-refractivity contribution in [3.05, 3.63) is 35.4 Å². The molecule has 4 rings (SSSR count). The topological polar surface area (TPSA) is 129 Å². The second-order valence-corrected chi connectivity index (χ2v) is 12.2. The number of nitrogens with one attached hydrogen (secondary N) is 3. The van der Waals surface area contributed by atoms with Gasteiger partial charge in [0.2, 0.25) is 0 Å². The summed E-state index contributed by atoms with van der Waals surface area (Å²) in [5.74, 6) is 0. The summed E-state index contributed by atoms with van der Waals surface area (Å²) in [5, 5.41) is 14.1. The molecule has 3 aliphatic rings. The number of aryl methyl sites for hydroxylation is 1. The number of rotatable bonds is 9. The maximum Gasteiger partial charge on any atom is 0.404 e. The zero-order valence-electron chi connectivity index (χ0n) is 19.5. The van der Waals surface area contributed by atoms with Crippen LogP contribution in [0.25, 0.3) is 0 Å². The van der Waals surface area contributed by atoms with Crippen molar-refractivity contribution in [3.63, 3.8) is 0 Å². The monoisotopic (exact) mass is 492 g/mol. The molecule has 0 bridgehead atoms. The summed E-state index contributed by atoms with van der Waals surface area (Å²) in [7, 11) is -3.11. The van der Waals surface area contributed by atoms with Crippen LogP contribution < -0.4 is 16.1 Å². The Kier molecular flexibility index (Phi) is 8.10. The summed E-state index contributed by atoms with van der Waals surface area (Å²) in [4.78, 5) is 20.6. The van der Waals surface area contributed by atoms with Crippen LogP contribution in [0.15, 0.2) is 29.3 Å². The van der Waals surface area contributed by atoms with Crippen LogP contribution in [-0.4, -0.2) is 54.8 Å². The summed E-state index contributed by atoms with van der Waals surface area (Å²) in [6, 6.07) is 7.92. The fourth-order valence-corrected chi connectivity index (χ4v) is 7.80. The van der Waals surface area contributed by atoms with Gasteiger partial charge in [0.1, 0.15) is 0 Å². The van der Waals surface area contributed by atoms with Gasteiger partial charge in [-0.25, -0.2) is 18.2 Å². The van der Waals surface area contributed by atoms with Crippen LogP contribution in [0.4, 0.5) is 4.79 Å². The maximum absolute atomic E-state index is 13.1. The molecule has 1 aliphatic carbocycles. The molecule has 1 saturated heterocycles. The van der Waals surface area contributed by atoms with Gasteiger partial charge in [-0.05, 0) is 56.1 Å². The van der Waals surface area contributed by atoms with E-state index in [-0.39, 0.29) is 16.5 Å². The number of benzene rings is 1. The first-order valence-corrected chi connectivity index (χ1v) is 14.0. The Morgan fingerprint density at radius 2 is 1.82 bits per heavy atom. The standard InChI is InChI=1S/C24H36N4O5S/c29-23(30)26-15-19-10-8-18(9-11-19)5-4-14-24(27-17-33-28-24)22-13-12-21(16-25-22)34(31,32)20-6-2-1-3-7-20/h8-11,17,20-22,25-26,28H,1-7,12-16H2,(H,29,30). The van der Waals surface area contributed by atoms with Gasteiger partial charge >= 0.3 is 6.09 Å². The number of aliphatic imine (C=N–C) groups is 1. The van der Waals surface area contributed by atoms with Crippen LogP contribution in [0.5, 0.6) is 0 Å². The second-order valence-electron chi connectivity index (χ2n) is 9.72. The van der Waals surface area contributed by atoms with Crippen molar-refractivity contribution in [1.29, 1.82) is 0 Å². The zero-order valence-corrected chi connectivity index (χ0v) is 20.4. The lowest BCUT2D eigenvalue weighted by molar-refractivity contribution is 0.0758. The largest absolute Gasteiger partial charge is 0.465 e. The van der Waals surface area contributed by atoms with Crippen molar-refractivity contribution in [3.8, 4) is 0 Å². The van der Waals surface area contributed by atoms with E-state index in [9.17, 15) is 13.2 Å². The van der Waals surface area contributed by atoms with Crippen LogP contribution in [0.2, 0.25) is 0 Å². The molecule has 34 heavy (non-hydrogen) atoms. The highest BCUT2D eigenvalue weighted by Gasteiger charge is 2.45. The fraction of sp³-hybridized carbons (Fsp3) is 0.667. The molecular weight excluding hydrogens is 456 g/mol. The molecule has 3 atom stereocenters. The third-order valence-corrected chi connectivity index (χ3v) is 10.2. The van der Waals surface area contributed by atoms with E-state index in [1.807, 2.05) is 24.3 Å². The number of hydrogen-bond donors (Lipinski definition) is 4. The van der Waals surface area contributed by atoms with Crippen LogP contribution in [0.1, 0.15) is 68.9 Å². The molecule has 3 unspecified atom stereocenters. The summed E-state index contributed by atoms with van der Waals surface area (Å²) in [6.07, 6.45) is 9.09. The first-order valence-electron chi connectivity index (χ1n) is 12.4. The number of hydrogen-bond acceptors (Lipinski definition) is 7. The molecule has 0 spiro atoms. The van der Waals surface area contributed by atoms with E-state index in [0.29, 0.717) is 19.5 Å². The van der Waals surface area contributed by atoms with Gasteiger partial charge in [-0.15, -0.1) is 5.48 Å². The highest BCUT2D eigenvalue weighted by molar-refractivity contribution is 7.92. The zero-order chi connectivity index (χ0) is 24.0. The smallest absolute Gasteiger partial charge is 0.404 e. The Morgan fingerprint density at radius 1 is 1.09 bits per heavy atom. The van der Waals surface area contributed by atoms with Gasteiger partial charge in [0, 0.05) is 19.1 Å². The Balaban J connectivity index is 1.29. The number of carbonyl (C=O) groups is 1. The molecule has 0 aromatic heterocycles. The van der Waals surface area contributed by atoms with E-state index < -0.39 is 21.6 Å². The Labute approximate surface area is 201 Å². The predicted octanol–water partition coefficient (Wildman–Crippen LogP) is 2.90. The minimum Gasteiger partial charge on any atom is -0.465 e. The van der Waals surface area contributed by atoms with Crippen molar-refractivity contribution < 1.29 is 23.2 Å². The van der Waals surface area contributed by atoms with Crippen LogP contribution >= 0.6 is 0 Å². The van der Waals surface area contributed by atoms with Gasteiger partial charge in [-0.2, -0.15) is 0 Å². The van der Waals surface area contributed by atoms with Gasteiger partial charge in [0.25, 0.3) is 0 Å². The summed E-state index contributed by atoms with van der Waals surface area (Å²) >= 11 is 0. The Bertz CT molecular complexity index is 954. The SMILES string of the molecule is O=C(O)NCc1ccc(CCCC2(C3CCC(S(=O)(=O)C4CCCCC4)CN3)N=CON2)cc1. The molecule has 2 fully saturated rings. The van der Waals surface area contributed by atoms with E-state index in [1.54, 1.807) is 0 Å². The molecule has 4 N–H and O–H groups in total. The summed E-state index contributed by atoms with van der Waals surface area (Å²) in [5.41, 5.74) is 4.58. The lowest BCUT2D eigenvalue weighted by Gasteiger charge is -2.40. The minimum absolute atomic E-state index is 0.00789. The maximum atomic E-state index is 13.1. The Morgan fingerprint density at radius 3 is 2.44 bits per heavy atom. The van der Waals surface area contributed by atoms with Crippen molar-refractivity contribution in [2.45, 2.75) is 93.0 Å². The first-order chi connectivity index (χ1) is 16.4. The summed E-state index contributed by atoms with van der Waals surface area (Å²) < 4.78 is 26.3.